The van der Waals surface area contributed by atoms with Gasteiger partial charge in [0.2, 0.25) is 0 Å². The summed E-state index contributed by atoms with van der Waals surface area (Å²) in [6.45, 7) is 4.54. The number of aliphatic hydroxyl groups is 1. The predicted molar refractivity (Wildman–Crippen MR) is 67.6 cm³/mol. The zero-order valence-electron chi connectivity index (χ0n) is 9.96. The molecule has 1 aromatic carbocycles. The highest BCUT2D eigenvalue weighted by Gasteiger charge is 2.37. The van der Waals surface area contributed by atoms with Gasteiger partial charge in [-0.25, -0.2) is 0 Å². The Morgan fingerprint density at radius 3 is 2.31 bits per heavy atom. The molecule has 0 unspecified atom stereocenters. The predicted octanol–water partition coefficient (Wildman–Crippen LogP) is 4.13. The van der Waals surface area contributed by atoms with Gasteiger partial charge in [0.1, 0.15) is 0 Å². The molecular formula is C14H19ClO. The van der Waals surface area contributed by atoms with E-state index >= 15 is 0 Å². The van der Waals surface area contributed by atoms with Crippen molar-refractivity contribution in [1.29, 1.82) is 0 Å². The first-order valence-electron chi connectivity index (χ1n) is 5.90. The fourth-order valence-corrected chi connectivity index (χ4v) is 2.60. The van der Waals surface area contributed by atoms with E-state index in [4.69, 9.17) is 11.6 Å². The van der Waals surface area contributed by atoms with Gasteiger partial charge in [-0.2, -0.15) is 0 Å². The fraction of sp³-hybridized carbons (Fsp3) is 0.571. The Hall–Kier alpha value is -0.530. The quantitative estimate of drug-likeness (QED) is 0.780. The summed E-state index contributed by atoms with van der Waals surface area (Å²) < 4.78 is 0. The third-order valence-electron chi connectivity index (χ3n) is 3.79. The molecular weight excluding hydrogens is 220 g/mol. The first-order chi connectivity index (χ1) is 7.41. The summed E-state index contributed by atoms with van der Waals surface area (Å²) >= 11 is 5.97. The number of rotatable bonds is 1. The number of hydrogen-bond acceptors (Lipinski definition) is 1. The highest BCUT2D eigenvalue weighted by atomic mass is 35.5. The Bertz CT molecular complexity index is 374. The average molecular weight is 239 g/mol. The molecule has 0 radical (unpaired) electrons. The second kappa shape index (κ2) is 4.05. The Kier molecular flexibility index (Phi) is 3.02. The molecule has 1 aliphatic rings. The van der Waals surface area contributed by atoms with E-state index < -0.39 is 5.60 Å². The van der Waals surface area contributed by atoms with Crippen molar-refractivity contribution in [1.82, 2.24) is 0 Å². The highest BCUT2D eigenvalue weighted by Crippen LogP contribution is 2.45. The third-order valence-corrected chi connectivity index (χ3v) is 4.03. The zero-order chi connectivity index (χ0) is 11.8. The Balaban J connectivity index is 2.21. The zero-order valence-corrected chi connectivity index (χ0v) is 10.7. The van der Waals surface area contributed by atoms with E-state index in [9.17, 15) is 5.11 Å². The summed E-state index contributed by atoms with van der Waals surface area (Å²) in [6.07, 6.45) is 3.80. The molecule has 0 aromatic heterocycles. The van der Waals surface area contributed by atoms with Crippen molar-refractivity contribution in [2.45, 2.75) is 45.1 Å². The van der Waals surface area contributed by atoms with Crippen LogP contribution >= 0.6 is 11.6 Å². The van der Waals surface area contributed by atoms with Gasteiger partial charge in [0.05, 0.1) is 5.60 Å². The van der Waals surface area contributed by atoms with E-state index in [0.717, 1.165) is 31.2 Å². The Morgan fingerprint density at radius 2 is 1.75 bits per heavy atom. The molecule has 0 aliphatic heterocycles. The van der Waals surface area contributed by atoms with Gasteiger partial charge < -0.3 is 5.11 Å². The van der Waals surface area contributed by atoms with Gasteiger partial charge in [0.15, 0.2) is 0 Å². The van der Waals surface area contributed by atoms with Gasteiger partial charge in [-0.3, -0.25) is 0 Å². The van der Waals surface area contributed by atoms with Crippen LogP contribution in [0.1, 0.15) is 45.1 Å². The van der Waals surface area contributed by atoms with Crippen LogP contribution in [0.2, 0.25) is 5.02 Å². The molecule has 1 fully saturated rings. The summed E-state index contributed by atoms with van der Waals surface area (Å²) in [7, 11) is 0. The molecule has 0 spiro atoms. The Morgan fingerprint density at radius 1 is 1.12 bits per heavy atom. The molecule has 1 nitrogen and oxygen atoms in total. The van der Waals surface area contributed by atoms with Crippen molar-refractivity contribution in [2.75, 3.05) is 0 Å². The minimum Gasteiger partial charge on any atom is -0.385 e. The lowest BCUT2D eigenvalue weighted by molar-refractivity contribution is -0.0305. The fourth-order valence-electron chi connectivity index (χ4n) is 2.41. The van der Waals surface area contributed by atoms with Crippen molar-refractivity contribution >= 4 is 11.6 Å². The first-order valence-corrected chi connectivity index (χ1v) is 6.28. The third kappa shape index (κ3) is 2.41. The van der Waals surface area contributed by atoms with E-state index in [-0.39, 0.29) is 0 Å². The normalized spacial score (nSPS) is 23.0. The average Bonchev–Trinajstić information content (AvgIpc) is 2.23. The van der Waals surface area contributed by atoms with Gasteiger partial charge in [0, 0.05) is 5.02 Å². The molecule has 1 aliphatic carbocycles. The van der Waals surface area contributed by atoms with Crippen LogP contribution in [-0.2, 0) is 5.60 Å². The molecule has 16 heavy (non-hydrogen) atoms. The lowest BCUT2D eigenvalue weighted by Gasteiger charge is -2.40. The van der Waals surface area contributed by atoms with Crippen molar-refractivity contribution in [3.63, 3.8) is 0 Å². The van der Waals surface area contributed by atoms with E-state index in [2.05, 4.69) is 13.8 Å². The minimum absolute atomic E-state index is 0.366. The van der Waals surface area contributed by atoms with Crippen LogP contribution in [0.25, 0.3) is 0 Å². The lowest BCUT2D eigenvalue weighted by atomic mass is 9.69. The first kappa shape index (κ1) is 11.9. The SMILES string of the molecule is CC1(C)CCC(O)(c2cccc(Cl)c2)CC1. The van der Waals surface area contributed by atoms with Crippen LogP contribution < -0.4 is 0 Å². The maximum atomic E-state index is 10.6. The molecule has 1 saturated carbocycles. The summed E-state index contributed by atoms with van der Waals surface area (Å²) in [5.74, 6) is 0. The van der Waals surface area contributed by atoms with E-state index in [1.165, 1.54) is 0 Å². The second-order valence-electron chi connectivity index (χ2n) is 5.71. The summed E-state index contributed by atoms with van der Waals surface area (Å²) in [4.78, 5) is 0. The van der Waals surface area contributed by atoms with Crippen molar-refractivity contribution in [3.05, 3.63) is 34.9 Å². The largest absolute Gasteiger partial charge is 0.385 e. The van der Waals surface area contributed by atoms with Crippen LogP contribution in [0.15, 0.2) is 24.3 Å². The standard InChI is InChI=1S/C14H19ClO/c1-13(2)6-8-14(16,9-7-13)11-4-3-5-12(15)10-11/h3-5,10,16H,6-9H2,1-2H3. The van der Waals surface area contributed by atoms with Gasteiger partial charge in [-0.15, -0.1) is 0 Å². The van der Waals surface area contributed by atoms with Gasteiger partial charge in [0.25, 0.3) is 0 Å². The van der Waals surface area contributed by atoms with E-state index in [0.29, 0.717) is 10.4 Å². The van der Waals surface area contributed by atoms with Crippen molar-refractivity contribution in [3.8, 4) is 0 Å². The van der Waals surface area contributed by atoms with Gasteiger partial charge in [-0.05, 0) is 48.8 Å². The molecule has 1 N–H and O–H groups in total. The van der Waals surface area contributed by atoms with E-state index in [1.54, 1.807) is 0 Å². The highest BCUT2D eigenvalue weighted by molar-refractivity contribution is 6.30. The number of hydrogen-bond donors (Lipinski definition) is 1. The molecule has 0 saturated heterocycles. The van der Waals surface area contributed by atoms with Crippen molar-refractivity contribution in [2.24, 2.45) is 5.41 Å². The van der Waals surface area contributed by atoms with Crippen LogP contribution in [0.5, 0.6) is 0 Å². The lowest BCUT2D eigenvalue weighted by Crippen LogP contribution is -2.34. The maximum absolute atomic E-state index is 10.6. The number of benzene rings is 1. The Labute approximate surface area is 102 Å². The topological polar surface area (TPSA) is 20.2 Å². The molecule has 0 heterocycles. The minimum atomic E-state index is -0.666. The summed E-state index contributed by atoms with van der Waals surface area (Å²) in [6, 6.07) is 7.63. The van der Waals surface area contributed by atoms with Crippen molar-refractivity contribution < 1.29 is 5.11 Å². The molecule has 0 amide bonds. The monoisotopic (exact) mass is 238 g/mol. The second-order valence-corrected chi connectivity index (χ2v) is 6.14. The molecule has 88 valence electrons. The summed E-state index contributed by atoms with van der Waals surface area (Å²) in [5.41, 5.74) is 0.668. The maximum Gasteiger partial charge on any atom is 0.0897 e. The molecule has 0 bridgehead atoms. The molecule has 2 heteroatoms. The molecule has 2 rings (SSSR count). The van der Waals surface area contributed by atoms with Crippen LogP contribution in [0, 0.1) is 5.41 Å². The van der Waals surface area contributed by atoms with Gasteiger partial charge in [-0.1, -0.05) is 37.6 Å². The smallest absolute Gasteiger partial charge is 0.0897 e. The summed E-state index contributed by atoms with van der Waals surface area (Å²) in [5, 5.41) is 11.3. The van der Waals surface area contributed by atoms with E-state index in [1.807, 2.05) is 24.3 Å². The van der Waals surface area contributed by atoms with Crippen LogP contribution in [0.3, 0.4) is 0 Å². The molecule has 0 atom stereocenters. The van der Waals surface area contributed by atoms with Gasteiger partial charge >= 0.3 is 0 Å². The molecule has 1 aromatic rings. The number of halogens is 1. The van der Waals surface area contributed by atoms with Crippen LogP contribution in [-0.4, -0.2) is 5.11 Å². The van der Waals surface area contributed by atoms with Crippen LogP contribution in [0.4, 0.5) is 0 Å².